The summed E-state index contributed by atoms with van der Waals surface area (Å²) in [6.45, 7) is 2.23. The van der Waals surface area contributed by atoms with Crippen molar-refractivity contribution in [1.82, 2.24) is 5.32 Å². The van der Waals surface area contributed by atoms with Crippen LogP contribution >= 0.6 is 0 Å². The molecule has 1 saturated heterocycles. The van der Waals surface area contributed by atoms with Gasteiger partial charge in [0.1, 0.15) is 5.75 Å². The van der Waals surface area contributed by atoms with Crippen molar-refractivity contribution in [1.29, 1.82) is 0 Å². The number of hydrogen-bond donors (Lipinski definition) is 1. The summed E-state index contributed by atoms with van der Waals surface area (Å²) >= 11 is 0. The molecule has 1 atom stereocenters. The highest BCUT2D eigenvalue weighted by atomic mass is 32.2. The van der Waals surface area contributed by atoms with Gasteiger partial charge in [0.2, 0.25) is 5.91 Å². The van der Waals surface area contributed by atoms with Gasteiger partial charge in [-0.1, -0.05) is 18.2 Å². The van der Waals surface area contributed by atoms with Crippen LogP contribution in [-0.2, 0) is 14.6 Å². The third-order valence-corrected chi connectivity index (χ3v) is 5.05. The number of para-hydroxylation sites is 1. The van der Waals surface area contributed by atoms with Crippen LogP contribution in [0.1, 0.15) is 18.4 Å². The van der Waals surface area contributed by atoms with Crippen molar-refractivity contribution < 1.29 is 17.9 Å². The molecule has 1 aliphatic rings. The maximum Gasteiger partial charge on any atom is 0.223 e. The Hall–Kier alpha value is -1.56. The topological polar surface area (TPSA) is 72.5 Å². The second-order valence-electron chi connectivity index (χ2n) is 5.03. The van der Waals surface area contributed by atoms with E-state index in [0.29, 0.717) is 6.42 Å². The van der Waals surface area contributed by atoms with Crippen LogP contribution in [0.4, 0.5) is 0 Å². The second-order valence-corrected chi connectivity index (χ2v) is 7.26. The average Bonchev–Trinajstić information content (AvgIpc) is 2.71. The Morgan fingerprint density at radius 1 is 1.40 bits per heavy atom. The number of benzene rings is 1. The Bertz CT molecular complexity index is 583. The number of nitrogens with one attached hydrogen (secondary N) is 1. The summed E-state index contributed by atoms with van der Waals surface area (Å²) < 4.78 is 28.1. The van der Waals surface area contributed by atoms with E-state index in [4.69, 9.17) is 4.74 Å². The van der Waals surface area contributed by atoms with E-state index in [1.807, 2.05) is 31.2 Å². The van der Waals surface area contributed by atoms with Gasteiger partial charge < -0.3 is 10.1 Å². The van der Waals surface area contributed by atoms with E-state index in [-0.39, 0.29) is 36.5 Å². The lowest BCUT2D eigenvalue weighted by molar-refractivity contribution is -0.122. The Kier molecular flexibility index (Phi) is 4.65. The Morgan fingerprint density at radius 2 is 2.15 bits per heavy atom. The van der Waals surface area contributed by atoms with Crippen molar-refractivity contribution >= 4 is 15.7 Å². The number of ether oxygens (including phenoxy) is 1. The molecule has 2 rings (SSSR count). The van der Waals surface area contributed by atoms with E-state index in [1.165, 1.54) is 0 Å². The van der Waals surface area contributed by atoms with Gasteiger partial charge in [-0.05, 0) is 25.0 Å². The first-order valence-corrected chi connectivity index (χ1v) is 8.47. The summed E-state index contributed by atoms with van der Waals surface area (Å²) in [5, 5.41) is 2.74. The Morgan fingerprint density at radius 3 is 2.80 bits per heavy atom. The van der Waals surface area contributed by atoms with E-state index in [0.717, 1.165) is 11.3 Å². The van der Waals surface area contributed by atoms with Gasteiger partial charge in [-0.25, -0.2) is 8.42 Å². The molecular formula is C14H19NO4S. The first-order valence-electron chi connectivity index (χ1n) is 6.64. The summed E-state index contributed by atoms with van der Waals surface area (Å²) in [6, 6.07) is 7.36. The van der Waals surface area contributed by atoms with Crippen LogP contribution in [0.5, 0.6) is 5.75 Å². The lowest BCUT2D eigenvalue weighted by Gasteiger charge is -2.12. The lowest BCUT2D eigenvalue weighted by atomic mass is 10.2. The minimum Gasteiger partial charge on any atom is -0.493 e. The summed E-state index contributed by atoms with van der Waals surface area (Å²) in [5.41, 5.74) is 1.02. The fourth-order valence-electron chi connectivity index (χ4n) is 2.18. The summed E-state index contributed by atoms with van der Waals surface area (Å²) in [7, 11) is -2.96. The molecule has 1 aromatic carbocycles. The molecule has 0 bridgehead atoms. The predicted octanol–water partition coefficient (Wildman–Crippen LogP) is 1.07. The van der Waals surface area contributed by atoms with Crippen LogP contribution in [0.3, 0.4) is 0 Å². The molecule has 110 valence electrons. The number of rotatable bonds is 5. The van der Waals surface area contributed by atoms with E-state index in [2.05, 4.69) is 5.32 Å². The first-order chi connectivity index (χ1) is 9.46. The third kappa shape index (κ3) is 4.23. The second kappa shape index (κ2) is 6.26. The number of aryl methyl sites for hydroxylation is 1. The van der Waals surface area contributed by atoms with Crippen LogP contribution in [0.25, 0.3) is 0 Å². The summed E-state index contributed by atoms with van der Waals surface area (Å²) in [6.07, 6.45) is 0.734. The molecule has 1 aliphatic heterocycles. The van der Waals surface area contributed by atoms with Crippen molar-refractivity contribution in [3.63, 3.8) is 0 Å². The maximum atomic E-state index is 11.7. The Labute approximate surface area is 119 Å². The predicted molar refractivity (Wildman–Crippen MR) is 76.5 cm³/mol. The van der Waals surface area contributed by atoms with Crippen molar-refractivity contribution in [3.8, 4) is 5.75 Å². The highest BCUT2D eigenvalue weighted by Crippen LogP contribution is 2.16. The number of amides is 1. The monoisotopic (exact) mass is 297 g/mol. The number of carbonyl (C=O) groups is 1. The molecule has 0 aromatic heterocycles. The molecule has 5 nitrogen and oxygen atoms in total. The highest BCUT2D eigenvalue weighted by molar-refractivity contribution is 7.91. The smallest absolute Gasteiger partial charge is 0.223 e. The molecule has 0 spiro atoms. The summed E-state index contributed by atoms with van der Waals surface area (Å²) in [4.78, 5) is 11.7. The molecule has 20 heavy (non-hydrogen) atoms. The largest absolute Gasteiger partial charge is 0.493 e. The van der Waals surface area contributed by atoms with E-state index in [9.17, 15) is 13.2 Å². The van der Waals surface area contributed by atoms with Crippen molar-refractivity contribution in [2.24, 2.45) is 0 Å². The molecule has 1 heterocycles. The molecule has 0 radical (unpaired) electrons. The molecule has 0 aliphatic carbocycles. The third-order valence-electron chi connectivity index (χ3n) is 3.28. The summed E-state index contributed by atoms with van der Waals surface area (Å²) in [5.74, 6) is 0.819. The first kappa shape index (κ1) is 14.8. The van der Waals surface area contributed by atoms with Crippen molar-refractivity contribution in [2.45, 2.75) is 25.8 Å². The van der Waals surface area contributed by atoms with Gasteiger partial charge in [0, 0.05) is 6.04 Å². The van der Waals surface area contributed by atoms with Crippen LogP contribution in [-0.4, -0.2) is 38.5 Å². The lowest BCUT2D eigenvalue weighted by Crippen LogP contribution is -2.36. The van der Waals surface area contributed by atoms with Gasteiger partial charge in [-0.2, -0.15) is 0 Å². The maximum absolute atomic E-state index is 11.7. The molecule has 1 N–H and O–H groups in total. The van der Waals surface area contributed by atoms with Gasteiger partial charge >= 0.3 is 0 Å². The minimum atomic E-state index is -2.96. The molecular weight excluding hydrogens is 278 g/mol. The normalized spacial score (nSPS) is 20.6. The van der Waals surface area contributed by atoms with Gasteiger partial charge in [-0.15, -0.1) is 0 Å². The molecule has 1 unspecified atom stereocenters. The quantitative estimate of drug-likeness (QED) is 0.882. The average molecular weight is 297 g/mol. The van der Waals surface area contributed by atoms with E-state index >= 15 is 0 Å². The number of sulfone groups is 1. The van der Waals surface area contributed by atoms with Crippen LogP contribution in [0, 0.1) is 6.92 Å². The van der Waals surface area contributed by atoms with Crippen molar-refractivity contribution in [3.05, 3.63) is 29.8 Å². The molecule has 1 amide bonds. The molecule has 1 aromatic rings. The Balaban J connectivity index is 1.72. The number of hydrogen-bond acceptors (Lipinski definition) is 4. The van der Waals surface area contributed by atoms with Crippen molar-refractivity contribution in [2.75, 3.05) is 18.1 Å². The zero-order chi connectivity index (χ0) is 14.6. The standard InChI is InChI=1S/C14H19NO4S/c1-11-4-2-3-5-13(11)19-8-6-14(16)15-12-7-9-20(17,18)10-12/h2-5,12H,6-10H2,1H3,(H,15,16). The SMILES string of the molecule is Cc1ccccc1OCCC(=O)NC1CCS(=O)(=O)C1. The van der Waals surface area contributed by atoms with Crippen LogP contribution in [0.2, 0.25) is 0 Å². The molecule has 0 saturated carbocycles. The van der Waals surface area contributed by atoms with Gasteiger partial charge in [0.25, 0.3) is 0 Å². The van der Waals surface area contributed by atoms with E-state index < -0.39 is 9.84 Å². The van der Waals surface area contributed by atoms with Crippen LogP contribution in [0.15, 0.2) is 24.3 Å². The number of carbonyl (C=O) groups excluding carboxylic acids is 1. The van der Waals surface area contributed by atoms with Gasteiger partial charge in [0.05, 0.1) is 24.5 Å². The van der Waals surface area contributed by atoms with Gasteiger partial charge in [-0.3, -0.25) is 4.79 Å². The zero-order valence-electron chi connectivity index (χ0n) is 11.5. The minimum absolute atomic E-state index is 0.0530. The fraction of sp³-hybridized carbons (Fsp3) is 0.500. The van der Waals surface area contributed by atoms with Gasteiger partial charge in [0.15, 0.2) is 9.84 Å². The zero-order valence-corrected chi connectivity index (χ0v) is 12.3. The molecule has 1 fully saturated rings. The van der Waals surface area contributed by atoms with Crippen LogP contribution < -0.4 is 10.1 Å². The fourth-order valence-corrected chi connectivity index (χ4v) is 3.85. The van der Waals surface area contributed by atoms with E-state index in [1.54, 1.807) is 0 Å². The highest BCUT2D eigenvalue weighted by Gasteiger charge is 2.28. The molecule has 6 heteroatoms.